The highest BCUT2D eigenvalue weighted by Crippen LogP contribution is 2.26. The number of methoxy groups -OCH3 is 1. The summed E-state index contributed by atoms with van der Waals surface area (Å²) in [5.74, 6) is 2.48. The Labute approximate surface area is 202 Å². The lowest BCUT2D eigenvalue weighted by molar-refractivity contribution is -0.142. The van der Waals surface area contributed by atoms with E-state index in [1.807, 2.05) is 52.3 Å². The third-order valence-corrected chi connectivity index (χ3v) is 7.06. The third-order valence-electron chi connectivity index (χ3n) is 7.06. The van der Waals surface area contributed by atoms with Gasteiger partial charge in [0.05, 0.1) is 26.1 Å². The number of hydrogen-bond acceptors (Lipinski definition) is 4. The number of carbonyl (C=O) groups is 2. The molecule has 2 saturated heterocycles. The van der Waals surface area contributed by atoms with Gasteiger partial charge in [-0.25, -0.2) is 0 Å². The van der Waals surface area contributed by atoms with E-state index in [1.165, 1.54) is 5.56 Å². The fraction of sp³-hybridized carbons (Fsp3) is 0.500. The van der Waals surface area contributed by atoms with Crippen molar-refractivity contribution in [2.45, 2.75) is 38.5 Å². The predicted octanol–water partition coefficient (Wildman–Crippen LogP) is 4.18. The summed E-state index contributed by atoms with van der Waals surface area (Å²) in [6, 6.07) is 17.8. The van der Waals surface area contributed by atoms with Gasteiger partial charge in [0.1, 0.15) is 11.5 Å². The zero-order valence-corrected chi connectivity index (χ0v) is 20.2. The molecule has 2 fully saturated rings. The molecule has 182 valence electrons. The molecule has 1 atom stereocenters. The quantitative estimate of drug-likeness (QED) is 0.588. The highest BCUT2D eigenvalue weighted by atomic mass is 16.5. The van der Waals surface area contributed by atoms with Crippen LogP contribution in [0.3, 0.4) is 0 Å². The first kappa shape index (κ1) is 24.1. The summed E-state index contributed by atoms with van der Waals surface area (Å²) in [5.41, 5.74) is 1.32. The lowest BCUT2D eigenvalue weighted by atomic mass is 9.89. The zero-order valence-electron chi connectivity index (χ0n) is 20.2. The summed E-state index contributed by atoms with van der Waals surface area (Å²) >= 11 is 0. The van der Waals surface area contributed by atoms with Crippen molar-refractivity contribution in [3.8, 4) is 11.5 Å². The molecule has 0 aromatic heterocycles. The molecular weight excluding hydrogens is 428 g/mol. The molecule has 2 aliphatic rings. The summed E-state index contributed by atoms with van der Waals surface area (Å²) in [5, 5.41) is 0. The molecule has 4 rings (SSSR count). The molecule has 0 saturated carbocycles. The molecule has 2 amide bonds. The molecular formula is C28H36N2O4. The summed E-state index contributed by atoms with van der Waals surface area (Å²) in [7, 11) is 1.68. The molecule has 2 aliphatic heterocycles. The van der Waals surface area contributed by atoms with E-state index in [0.29, 0.717) is 25.5 Å². The molecule has 2 heterocycles. The molecule has 2 aromatic rings. The zero-order chi connectivity index (χ0) is 23.8. The van der Waals surface area contributed by atoms with Crippen LogP contribution < -0.4 is 9.47 Å². The van der Waals surface area contributed by atoms with Gasteiger partial charge in [-0.1, -0.05) is 30.3 Å². The first-order valence-electron chi connectivity index (χ1n) is 12.5. The van der Waals surface area contributed by atoms with Crippen molar-refractivity contribution in [3.63, 3.8) is 0 Å². The minimum Gasteiger partial charge on any atom is -0.497 e. The summed E-state index contributed by atoms with van der Waals surface area (Å²) < 4.78 is 10.9. The Morgan fingerprint density at radius 1 is 0.882 bits per heavy atom. The van der Waals surface area contributed by atoms with Crippen LogP contribution in [-0.2, 0) is 16.0 Å². The number of likely N-dealkylation sites (tertiary alicyclic amines) is 2. The van der Waals surface area contributed by atoms with E-state index in [0.717, 1.165) is 63.2 Å². The van der Waals surface area contributed by atoms with Crippen molar-refractivity contribution < 1.29 is 19.1 Å². The van der Waals surface area contributed by atoms with Crippen LogP contribution in [-0.4, -0.2) is 61.5 Å². The van der Waals surface area contributed by atoms with Gasteiger partial charge >= 0.3 is 0 Å². The second-order valence-corrected chi connectivity index (χ2v) is 9.41. The average molecular weight is 465 g/mol. The van der Waals surface area contributed by atoms with E-state index >= 15 is 0 Å². The Bertz CT molecular complexity index is 923. The molecule has 0 radical (unpaired) electrons. The number of piperidine rings is 2. The van der Waals surface area contributed by atoms with Crippen LogP contribution in [0.15, 0.2) is 54.6 Å². The van der Waals surface area contributed by atoms with Gasteiger partial charge in [0, 0.05) is 26.2 Å². The fourth-order valence-corrected chi connectivity index (χ4v) is 5.05. The second kappa shape index (κ2) is 11.9. The maximum atomic E-state index is 13.2. The highest BCUT2D eigenvalue weighted by molar-refractivity contribution is 5.81. The molecule has 0 aliphatic carbocycles. The van der Waals surface area contributed by atoms with Crippen LogP contribution in [0.4, 0.5) is 0 Å². The van der Waals surface area contributed by atoms with Gasteiger partial charge in [0.15, 0.2) is 0 Å². The molecule has 0 spiro atoms. The molecule has 34 heavy (non-hydrogen) atoms. The number of ether oxygens (including phenoxy) is 2. The van der Waals surface area contributed by atoms with Gasteiger partial charge in [-0.15, -0.1) is 0 Å². The number of benzene rings is 2. The number of nitrogens with zero attached hydrogens (tertiary/aromatic N) is 2. The van der Waals surface area contributed by atoms with E-state index in [4.69, 9.17) is 9.47 Å². The van der Waals surface area contributed by atoms with E-state index < -0.39 is 0 Å². The summed E-state index contributed by atoms with van der Waals surface area (Å²) in [6.45, 7) is 3.26. The topological polar surface area (TPSA) is 59.1 Å². The van der Waals surface area contributed by atoms with Crippen LogP contribution in [0.1, 0.15) is 37.7 Å². The van der Waals surface area contributed by atoms with Crippen LogP contribution in [0.5, 0.6) is 11.5 Å². The molecule has 2 aromatic carbocycles. The first-order chi connectivity index (χ1) is 16.6. The minimum atomic E-state index is -0.0779. The monoisotopic (exact) mass is 464 g/mol. The highest BCUT2D eigenvalue weighted by Gasteiger charge is 2.32. The van der Waals surface area contributed by atoms with Crippen molar-refractivity contribution in [1.82, 2.24) is 9.80 Å². The second-order valence-electron chi connectivity index (χ2n) is 9.41. The van der Waals surface area contributed by atoms with Crippen molar-refractivity contribution in [2.75, 3.05) is 39.9 Å². The van der Waals surface area contributed by atoms with Gasteiger partial charge in [-0.3, -0.25) is 9.59 Å². The Kier molecular flexibility index (Phi) is 8.45. The fourth-order valence-electron chi connectivity index (χ4n) is 5.05. The van der Waals surface area contributed by atoms with Gasteiger partial charge in [-0.2, -0.15) is 0 Å². The number of rotatable bonds is 8. The van der Waals surface area contributed by atoms with E-state index in [-0.39, 0.29) is 17.7 Å². The van der Waals surface area contributed by atoms with Crippen LogP contribution >= 0.6 is 0 Å². The maximum absolute atomic E-state index is 13.2. The molecule has 6 nitrogen and oxygen atoms in total. The lowest BCUT2D eigenvalue weighted by Gasteiger charge is -2.38. The van der Waals surface area contributed by atoms with Crippen molar-refractivity contribution in [2.24, 2.45) is 11.8 Å². The number of amides is 2. The Balaban J connectivity index is 1.20. The predicted molar refractivity (Wildman–Crippen MR) is 132 cm³/mol. The number of hydrogen-bond donors (Lipinski definition) is 0. The van der Waals surface area contributed by atoms with Crippen LogP contribution in [0.2, 0.25) is 0 Å². The van der Waals surface area contributed by atoms with Crippen molar-refractivity contribution >= 4 is 11.8 Å². The minimum absolute atomic E-state index is 0.0756. The molecule has 0 bridgehead atoms. The normalized spacial score (nSPS) is 19.0. The molecule has 0 N–H and O–H groups in total. The Morgan fingerprint density at radius 2 is 1.62 bits per heavy atom. The molecule has 1 unspecified atom stereocenters. The Hall–Kier alpha value is -3.02. The number of carbonyl (C=O) groups excluding carboxylic acids is 2. The SMILES string of the molecule is COc1ccc(CC2CCN(C(=O)C3CCCN(C(=O)CCOc4ccccc4)C3)CC2)cc1. The summed E-state index contributed by atoms with van der Waals surface area (Å²) in [4.78, 5) is 29.8. The van der Waals surface area contributed by atoms with Crippen molar-refractivity contribution in [1.29, 1.82) is 0 Å². The van der Waals surface area contributed by atoms with Crippen LogP contribution in [0, 0.1) is 11.8 Å². The van der Waals surface area contributed by atoms with Gasteiger partial charge < -0.3 is 19.3 Å². The first-order valence-corrected chi connectivity index (χ1v) is 12.5. The third kappa shape index (κ3) is 6.52. The van der Waals surface area contributed by atoms with Gasteiger partial charge in [-0.05, 0) is 67.9 Å². The molecule has 6 heteroatoms. The van der Waals surface area contributed by atoms with Gasteiger partial charge in [0.2, 0.25) is 11.8 Å². The van der Waals surface area contributed by atoms with Crippen molar-refractivity contribution in [3.05, 3.63) is 60.2 Å². The Morgan fingerprint density at radius 3 is 2.32 bits per heavy atom. The largest absolute Gasteiger partial charge is 0.497 e. The smallest absolute Gasteiger partial charge is 0.227 e. The van der Waals surface area contributed by atoms with E-state index in [9.17, 15) is 9.59 Å². The van der Waals surface area contributed by atoms with Gasteiger partial charge in [0.25, 0.3) is 0 Å². The standard InChI is InChI=1S/C28H36N2O4/c1-33-25-11-9-22(10-12-25)20-23-13-17-29(18-14-23)28(32)24-6-5-16-30(21-24)27(31)15-19-34-26-7-3-2-4-8-26/h2-4,7-12,23-24H,5-6,13-21H2,1H3. The lowest BCUT2D eigenvalue weighted by Crippen LogP contribution is -2.48. The average Bonchev–Trinajstić information content (AvgIpc) is 2.90. The van der Waals surface area contributed by atoms with E-state index in [1.54, 1.807) is 7.11 Å². The maximum Gasteiger partial charge on any atom is 0.227 e. The summed E-state index contributed by atoms with van der Waals surface area (Å²) in [6.07, 6.45) is 5.20. The number of para-hydroxylation sites is 1. The van der Waals surface area contributed by atoms with Crippen LogP contribution in [0.25, 0.3) is 0 Å². The van der Waals surface area contributed by atoms with E-state index in [2.05, 4.69) is 12.1 Å².